The van der Waals surface area contributed by atoms with Crippen LogP contribution in [-0.4, -0.2) is 6.86 Å². The summed E-state index contributed by atoms with van der Waals surface area (Å²) in [6.45, 7) is 0.620. The second-order valence-electron chi connectivity index (χ2n) is 1.80. The Kier molecular flexibility index (Phi) is 6.74. The standard InChI is InChI=1S/C8H8FO.U/c9-7-10-6-8-4-2-1-3-5-8;/h1-6H,7H2;/q-1;. The molecule has 0 heterocycles. The van der Waals surface area contributed by atoms with Gasteiger partial charge >= 0.3 is 0 Å². The molecule has 0 spiro atoms. The fourth-order valence-corrected chi connectivity index (χ4v) is 0.659. The van der Waals surface area contributed by atoms with Crippen LogP contribution in [0.25, 0.3) is 0 Å². The number of alkyl halides is 1. The molecule has 0 unspecified atom stereocenters. The topological polar surface area (TPSA) is 9.23 Å². The van der Waals surface area contributed by atoms with Crippen LogP contribution in [0, 0.1) is 37.7 Å². The van der Waals surface area contributed by atoms with Gasteiger partial charge in [0.25, 0.3) is 0 Å². The maximum atomic E-state index is 11.4. The third-order valence-corrected chi connectivity index (χ3v) is 1.08. The predicted octanol–water partition coefficient (Wildman–Crippen LogP) is 2.14. The van der Waals surface area contributed by atoms with E-state index in [9.17, 15) is 4.39 Å². The zero-order valence-electron chi connectivity index (χ0n) is 5.96. The Hall–Kier alpha value is 0.0319. The van der Waals surface area contributed by atoms with E-state index in [1.54, 1.807) is 0 Å². The molecule has 58 valence electrons. The summed E-state index contributed by atoms with van der Waals surface area (Å²) < 4.78 is 15.9. The third kappa shape index (κ3) is 4.47. The van der Waals surface area contributed by atoms with Gasteiger partial charge in [-0.1, -0.05) is 12.7 Å². The minimum Gasteiger partial charge on any atom is -0.386 e. The zero-order valence-corrected chi connectivity index (χ0v) is 10.1. The van der Waals surface area contributed by atoms with Gasteiger partial charge in [0.05, 0.1) is 0 Å². The minimum atomic E-state index is -0.769. The molecular weight excluding hydrogens is 369 g/mol. The first kappa shape index (κ1) is 11.0. The fourth-order valence-electron chi connectivity index (χ4n) is 0.659. The quantitative estimate of drug-likeness (QED) is 0.734. The van der Waals surface area contributed by atoms with Crippen LogP contribution in [0.2, 0.25) is 0 Å². The molecule has 0 aliphatic rings. The Labute approximate surface area is 89.3 Å². The van der Waals surface area contributed by atoms with Gasteiger partial charge in [-0.2, -0.15) is 17.7 Å². The molecule has 0 fully saturated rings. The van der Waals surface area contributed by atoms with E-state index < -0.39 is 6.86 Å². The zero-order chi connectivity index (χ0) is 7.23. The first-order valence-corrected chi connectivity index (χ1v) is 2.99. The van der Waals surface area contributed by atoms with Gasteiger partial charge in [-0.05, 0) is 0 Å². The summed E-state index contributed by atoms with van der Waals surface area (Å²) in [5, 5.41) is 0. The average Bonchev–Trinajstić information content (AvgIpc) is 2.03. The van der Waals surface area contributed by atoms with Gasteiger partial charge in [-0.25, -0.2) is 4.39 Å². The van der Waals surface area contributed by atoms with E-state index in [0.717, 1.165) is 5.56 Å². The molecule has 11 heavy (non-hydrogen) atoms. The number of ether oxygens (including phenoxy) is 1. The van der Waals surface area contributed by atoms with E-state index in [2.05, 4.69) is 4.74 Å². The maximum Gasteiger partial charge on any atom is 0.181 e. The molecule has 0 N–H and O–H groups in total. The first-order chi connectivity index (χ1) is 4.93. The SMILES string of the molecule is FCO[CH-]c1ccccc1.[U]. The average molecular weight is 377 g/mol. The van der Waals surface area contributed by atoms with Gasteiger partial charge in [-0.3, -0.25) is 0 Å². The van der Waals surface area contributed by atoms with Crippen molar-refractivity contribution in [3.8, 4) is 0 Å². The molecule has 1 aromatic rings. The summed E-state index contributed by atoms with van der Waals surface area (Å²) in [6, 6.07) is 9.32. The van der Waals surface area contributed by atoms with Crippen LogP contribution in [0.3, 0.4) is 0 Å². The minimum absolute atomic E-state index is 0. The van der Waals surface area contributed by atoms with Gasteiger partial charge in [0, 0.05) is 31.1 Å². The van der Waals surface area contributed by atoms with Crippen molar-refractivity contribution >= 4 is 0 Å². The van der Waals surface area contributed by atoms with Crippen LogP contribution < -0.4 is 0 Å². The Morgan fingerprint density at radius 1 is 1.27 bits per heavy atom. The van der Waals surface area contributed by atoms with Crippen LogP contribution in [0.1, 0.15) is 5.56 Å². The van der Waals surface area contributed by atoms with Crippen molar-refractivity contribution in [2.45, 2.75) is 0 Å². The van der Waals surface area contributed by atoms with Crippen molar-refractivity contribution in [2.75, 3.05) is 6.86 Å². The largest absolute Gasteiger partial charge is 0.386 e. The van der Waals surface area contributed by atoms with E-state index in [1.807, 2.05) is 30.3 Å². The van der Waals surface area contributed by atoms with Crippen molar-refractivity contribution < 1.29 is 40.2 Å². The molecule has 0 saturated carbocycles. The summed E-state index contributed by atoms with van der Waals surface area (Å²) in [6.07, 6.45) is 0. The van der Waals surface area contributed by atoms with Crippen molar-refractivity contribution in [1.82, 2.24) is 0 Å². The number of halogens is 1. The number of hydrogen-bond acceptors (Lipinski definition) is 1. The number of rotatable bonds is 3. The molecule has 1 rings (SSSR count). The van der Waals surface area contributed by atoms with Crippen LogP contribution in [0.4, 0.5) is 4.39 Å². The van der Waals surface area contributed by atoms with E-state index in [-0.39, 0.29) is 31.1 Å². The van der Waals surface area contributed by atoms with Gasteiger partial charge in [0.15, 0.2) is 6.86 Å². The van der Waals surface area contributed by atoms with E-state index in [1.165, 1.54) is 6.61 Å². The molecule has 0 aliphatic carbocycles. The van der Waals surface area contributed by atoms with Crippen LogP contribution in [0.5, 0.6) is 0 Å². The predicted molar refractivity (Wildman–Crippen MR) is 36.9 cm³/mol. The third-order valence-electron chi connectivity index (χ3n) is 1.08. The smallest absolute Gasteiger partial charge is 0.181 e. The Bertz CT molecular complexity index is 179. The summed E-state index contributed by atoms with van der Waals surface area (Å²) >= 11 is 0. The van der Waals surface area contributed by atoms with Crippen molar-refractivity contribution in [1.29, 1.82) is 0 Å². The second kappa shape index (κ2) is 6.72. The van der Waals surface area contributed by atoms with Crippen molar-refractivity contribution in [3.63, 3.8) is 0 Å². The van der Waals surface area contributed by atoms with Crippen LogP contribution in [0.15, 0.2) is 30.3 Å². The maximum absolute atomic E-state index is 11.4. The Morgan fingerprint density at radius 3 is 2.45 bits per heavy atom. The molecule has 0 atom stereocenters. The monoisotopic (exact) mass is 377 g/mol. The van der Waals surface area contributed by atoms with Gasteiger partial charge in [0.2, 0.25) is 0 Å². The molecular formula is C8H8FOU-. The normalized spacial score (nSPS) is 8.45. The summed E-state index contributed by atoms with van der Waals surface area (Å²) in [7, 11) is 0. The number of benzene rings is 1. The fraction of sp³-hybridized carbons (Fsp3) is 0.125. The van der Waals surface area contributed by atoms with Gasteiger partial charge in [-0.15, -0.1) is 12.1 Å². The summed E-state index contributed by atoms with van der Waals surface area (Å²) in [5.74, 6) is 0. The molecule has 0 amide bonds. The molecule has 0 bridgehead atoms. The summed E-state index contributed by atoms with van der Waals surface area (Å²) in [5.41, 5.74) is 0.875. The number of hydrogen-bond donors (Lipinski definition) is 0. The second-order valence-corrected chi connectivity index (χ2v) is 1.80. The van der Waals surface area contributed by atoms with Crippen molar-refractivity contribution in [3.05, 3.63) is 42.5 Å². The van der Waals surface area contributed by atoms with Gasteiger partial charge in [0.1, 0.15) is 0 Å². The molecule has 0 aliphatic heterocycles. The van der Waals surface area contributed by atoms with E-state index >= 15 is 0 Å². The molecule has 1 aromatic carbocycles. The van der Waals surface area contributed by atoms with Crippen molar-refractivity contribution in [2.24, 2.45) is 0 Å². The van der Waals surface area contributed by atoms with Crippen LogP contribution >= 0.6 is 0 Å². The van der Waals surface area contributed by atoms with Crippen LogP contribution in [-0.2, 0) is 4.74 Å². The molecule has 0 radical (unpaired) electrons. The van der Waals surface area contributed by atoms with Gasteiger partial charge < -0.3 is 4.74 Å². The Balaban J connectivity index is 0.000001000. The summed E-state index contributed by atoms with van der Waals surface area (Å²) in [4.78, 5) is 0. The molecule has 1 nitrogen and oxygen atoms in total. The molecule has 0 saturated heterocycles. The Morgan fingerprint density at radius 2 is 1.91 bits per heavy atom. The first-order valence-electron chi connectivity index (χ1n) is 2.99. The van der Waals surface area contributed by atoms with E-state index in [4.69, 9.17) is 0 Å². The van der Waals surface area contributed by atoms with E-state index in [0.29, 0.717) is 0 Å². The molecule has 3 heteroatoms. The molecule has 0 aromatic heterocycles.